The number of halogens is 1. The quantitative estimate of drug-likeness (QED) is 0.568. The third kappa shape index (κ3) is 4.30. The number of aryl methyl sites for hydroxylation is 1. The number of aromatic nitrogens is 1. The number of nitrogens with zero attached hydrogens (tertiary/aromatic N) is 4. The highest BCUT2D eigenvalue weighted by Gasteiger charge is 2.15. The summed E-state index contributed by atoms with van der Waals surface area (Å²) in [6.45, 7) is 3.01. The van der Waals surface area contributed by atoms with Gasteiger partial charge in [0, 0.05) is 30.8 Å². The molecule has 1 saturated heterocycles. The van der Waals surface area contributed by atoms with Crippen LogP contribution in [0, 0.1) is 0 Å². The number of aliphatic imine (C=N–C) groups is 1. The summed E-state index contributed by atoms with van der Waals surface area (Å²) in [6.07, 6.45) is 1.98. The van der Waals surface area contributed by atoms with E-state index in [0.29, 0.717) is 13.2 Å². The molecular formula is C17H19BrN4O. The van der Waals surface area contributed by atoms with Crippen LogP contribution in [0.4, 0.5) is 5.69 Å². The number of hydrogen-bond acceptors (Lipinski definition) is 2. The zero-order valence-corrected chi connectivity index (χ0v) is 14.6. The Labute approximate surface area is 144 Å². The van der Waals surface area contributed by atoms with Crippen molar-refractivity contribution in [3.05, 3.63) is 58.6 Å². The number of benzene rings is 1. The fourth-order valence-corrected chi connectivity index (χ4v) is 2.77. The first-order valence-corrected chi connectivity index (χ1v) is 8.35. The zero-order valence-electron chi connectivity index (χ0n) is 13.0. The summed E-state index contributed by atoms with van der Waals surface area (Å²) < 4.78 is 8.44. The summed E-state index contributed by atoms with van der Waals surface area (Å²) in [5, 5.41) is 0. The Kier molecular flexibility index (Phi) is 5.25. The number of ether oxygens (including phenoxy) is 1. The van der Waals surface area contributed by atoms with Crippen LogP contribution in [-0.2, 0) is 11.8 Å². The standard InChI is InChI=1S/C17H19BrN4O/c1-21-13-14(18)7-8-16(21)20-17(22-9-11-23-12-10-22)19-15-5-3-2-4-6-15/h2-8,13H,9-12H2,1H3. The minimum absolute atomic E-state index is 0.704. The van der Waals surface area contributed by atoms with Crippen LogP contribution < -0.4 is 5.49 Å². The van der Waals surface area contributed by atoms with Gasteiger partial charge in [-0.15, -0.1) is 0 Å². The van der Waals surface area contributed by atoms with Gasteiger partial charge in [0.1, 0.15) is 5.49 Å². The van der Waals surface area contributed by atoms with Crippen molar-refractivity contribution in [1.82, 2.24) is 9.47 Å². The maximum atomic E-state index is 5.44. The van der Waals surface area contributed by atoms with Crippen molar-refractivity contribution in [3.63, 3.8) is 0 Å². The van der Waals surface area contributed by atoms with E-state index >= 15 is 0 Å². The van der Waals surface area contributed by atoms with Crippen molar-refractivity contribution in [3.8, 4) is 0 Å². The van der Waals surface area contributed by atoms with Crippen LogP contribution in [0.15, 0.2) is 63.1 Å². The number of morpholine rings is 1. The second-order valence-corrected chi connectivity index (χ2v) is 6.19. The van der Waals surface area contributed by atoms with Crippen LogP contribution in [0.1, 0.15) is 0 Å². The van der Waals surface area contributed by atoms with E-state index in [0.717, 1.165) is 34.7 Å². The van der Waals surface area contributed by atoms with Crippen LogP contribution in [0.3, 0.4) is 0 Å². The monoisotopic (exact) mass is 374 g/mol. The molecule has 0 atom stereocenters. The van der Waals surface area contributed by atoms with Gasteiger partial charge in [0.15, 0.2) is 0 Å². The Morgan fingerprint density at radius 2 is 1.83 bits per heavy atom. The highest BCUT2D eigenvalue weighted by Crippen LogP contribution is 2.12. The highest BCUT2D eigenvalue weighted by molar-refractivity contribution is 9.10. The van der Waals surface area contributed by atoms with Crippen molar-refractivity contribution in [1.29, 1.82) is 0 Å². The lowest BCUT2D eigenvalue weighted by Gasteiger charge is -2.27. The Bertz CT molecular complexity index is 749. The van der Waals surface area contributed by atoms with Gasteiger partial charge in [-0.25, -0.2) is 4.99 Å². The fraction of sp³-hybridized carbons (Fsp3) is 0.294. The predicted molar refractivity (Wildman–Crippen MR) is 94.6 cm³/mol. The summed E-state index contributed by atoms with van der Waals surface area (Å²) in [7, 11) is 1.98. The normalized spacial score (nSPS) is 16.7. The van der Waals surface area contributed by atoms with Crippen molar-refractivity contribution >= 4 is 27.6 Å². The van der Waals surface area contributed by atoms with Gasteiger partial charge >= 0.3 is 0 Å². The highest BCUT2D eigenvalue weighted by atomic mass is 79.9. The fourth-order valence-electron chi connectivity index (χ4n) is 2.33. The van der Waals surface area contributed by atoms with Gasteiger partial charge in [-0.1, -0.05) is 18.2 Å². The Hall–Kier alpha value is -1.92. The zero-order chi connectivity index (χ0) is 16.1. The molecule has 23 heavy (non-hydrogen) atoms. The maximum Gasteiger partial charge on any atom is 0.228 e. The number of para-hydroxylation sites is 1. The maximum absolute atomic E-state index is 5.44. The molecule has 0 spiro atoms. The Morgan fingerprint density at radius 3 is 2.52 bits per heavy atom. The van der Waals surface area contributed by atoms with Crippen LogP contribution in [0.25, 0.3) is 0 Å². The van der Waals surface area contributed by atoms with E-state index < -0.39 is 0 Å². The molecule has 6 heteroatoms. The first-order chi connectivity index (χ1) is 11.2. The molecule has 120 valence electrons. The second-order valence-electron chi connectivity index (χ2n) is 5.27. The SMILES string of the molecule is Cn1cc(Br)ccc1=NC(=Nc1ccccc1)N1CCOCC1. The predicted octanol–water partition coefficient (Wildman–Crippen LogP) is 2.71. The van der Waals surface area contributed by atoms with E-state index in [-0.39, 0.29) is 0 Å². The van der Waals surface area contributed by atoms with Gasteiger partial charge < -0.3 is 14.2 Å². The molecule has 2 heterocycles. The van der Waals surface area contributed by atoms with Gasteiger partial charge in [-0.2, -0.15) is 4.99 Å². The van der Waals surface area contributed by atoms with E-state index in [1.54, 1.807) is 0 Å². The summed E-state index contributed by atoms with van der Waals surface area (Å²) >= 11 is 3.47. The lowest BCUT2D eigenvalue weighted by Crippen LogP contribution is -2.41. The molecule has 1 aromatic heterocycles. The van der Waals surface area contributed by atoms with Crippen LogP contribution in [0.5, 0.6) is 0 Å². The molecule has 1 aromatic carbocycles. The Morgan fingerprint density at radius 1 is 1.09 bits per heavy atom. The Balaban J connectivity index is 2.02. The first kappa shape index (κ1) is 16.0. The second kappa shape index (κ2) is 7.57. The summed E-state index contributed by atoms with van der Waals surface area (Å²) in [6, 6.07) is 13.9. The molecule has 1 aliphatic heterocycles. The third-order valence-electron chi connectivity index (χ3n) is 3.56. The molecule has 0 unspecified atom stereocenters. The van der Waals surface area contributed by atoms with Crippen molar-refractivity contribution in [2.24, 2.45) is 17.0 Å². The summed E-state index contributed by atoms with van der Waals surface area (Å²) in [4.78, 5) is 11.7. The average molecular weight is 375 g/mol. The van der Waals surface area contributed by atoms with E-state index in [2.05, 4.69) is 20.8 Å². The van der Waals surface area contributed by atoms with E-state index in [4.69, 9.17) is 14.7 Å². The molecule has 0 saturated carbocycles. The number of pyridine rings is 1. The van der Waals surface area contributed by atoms with Crippen LogP contribution >= 0.6 is 15.9 Å². The van der Waals surface area contributed by atoms with Crippen molar-refractivity contribution < 1.29 is 4.74 Å². The lowest BCUT2D eigenvalue weighted by atomic mass is 10.3. The van der Waals surface area contributed by atoms with E-state index in [1.807, 2.05) is 60.3 Å². The molecule has 2 aromatic rings. The van der Waals surface area contributed by atoms with Gasteiger partial charge in [0.25, 0.3) is 0 Å². The minimum atomic E-state index is 0.704. The molecule has 1 fully saturated rings. The molecule has 0 radical (unpaired) electrons. The number of hydrogen-bond donors (Lipinski definition) is 0. The average Bonchev–Trinajstić information content (AvgIpc) is 2.58. The smallest absolute Gasteiger partial charge is 0.228 e. The minimum Gasteiger partial charge on any atom is -0.378 e. The molecule has 0 N–H and O–H groups in total. The summed E-state index contributed by atoms with van der Waals surface area (Å²) in [5.74, 6) is 0.720. The van der Waals surface area contributed by atoms with Gasteiger partial charge in [0.05, 0.1) is 18.9 Å². The van der Waals surface area contributed by atoms with Gasteiger partial charge in [-0.3, -0.25) is 0 Å². The van der Waals surface area contributed by atoms with Crippen molar-refractivity contribution in [2.45, 2.75) is 0 Å². The molecule has 1 aliphatic rings. The van der Waals surface area contributed by atoms with E-state index in [1.165, 1.54) is 0 Å². The van der Waals surface area contributed by atoms with E-state index in [9.17, 15) is 0 Å². The van der Waals surface area contributed by atoms with Crippen molar-refractivity contribution in [2.75, 3.05) is 26.3 Å². The van der Waals surface area contributed by atoms with Gasteiger partial charge in [0.2, 0.25) is 5.96 Å². The van der Waals surface area contributed by atoms with Crippen LogP contribution in [-0.4, -0.2) is 41.7 Å². The molecule has 0 bridgehead atoms. The van der Waals surface area contributed by atoms with Gasteiger partial charge in [-0.05, 0) is 40.2 Å². The molecule has 0 amide bonds. The molecule has 5 nitrogen and oxygen atoms in total. The number of guanidine groups is 1. The number of rotatable bonds is 1. The molecule has 0 aliphatic carbocycles. The lowest BCUT2D eigenvalue weighted by molar-refractivity contribution is 0.0675. The molecular weight excluding hydrogens is 356 g/mol. The molecule has 3 rings (SSSR count). The van der Waals surface area contributed by atoms with Crippen LogP contribution in [0.2, 0.25) is 0 Å². The first-order valence-electron chi connectivity index (χ1n) is 7.56. The topological polar surface area (TPSA) is 42.1 Å². The largest absolute Gasteiger partial charge is 0.378 e. The third-order valence-corrected chi connectivity index (χ3v) is 4.03. The summed E-state index contributed by atoms with van der Waals surface area (Å²) in [5.41, 5.74) is 1.76.